The van der Waals surface area contributed by atoms with E-state index in [1.165, 1.54) is 22.3 Å². The maximum Gasteiger partial charge on any atom is 0.220 e. The van der Waals surface area contributed by atoms with Crippen LogP contribution in [0.3, 0.4) is 0 Å². The number of fused-ring (bicyclic) bond motifs is 2. The molecule has 4 nitrogen and oxygen atoms in total. The molecule has 0 fully saturated rings. The molecule has 134 valence electrons. The summed E-state index contributed by atoms with van der Waals surface area (Å²) in [5.41, 5.74) is 4.90. The molecular formula is C22H24N2O2. The minimum Gasteiger partial charge on any atom is -0.333 e. The Morgan fingerprint density at radius 1 is 0.731 bits per heavy atom. The average Bonchev–Trinajstić information content (AvgIpc) is 2.66. The molecular weight excluding hydrogens is 324 g/mol. The summed E-state index contributed by atoms with van der Waals surface area (Å²) in [4.78, 5) is 28.8. The van der Waals surface area contributed by atoms with Gasteiger partial charge in [-0.2, -0.15) is 0 Å². The van der Waals surface area contributed by atoms with Crippen LogP contribution in [-0.2, 0) is 22.4 Å². The lowest BCUT2D eigenvalue weighted by atomic mass is 9.81. The number of amides is 2. The Balaban J connectivity index is 1.91. The van der Waals surface area contributed by atoms with Crippen molar-refractivity contribution in [2.24, 2.45) is 0 Å². The lowest BCUT2D eigenvalue weighted by Gasteiger charge is -2.47. The van der Waals surface area contributed by atoms with Crippen LogP contribution in [0.15, 0.2) is 48.5 Å². The standard InChI is InChI=1S/C22H24N2O2/c1-15(25)23-13-11-17-7-3-5-9-19(17)21(23)22-20-10-6-4-8-18(20)12-14-24(22)16(2)26/h3-10,21-22H,11-14H2,1-2H3/t21-,22-/m0/s1. The number of rotatable bonds is 1. The van der Waals surface area contributed by atoms with E-state index in [1.54, 1.807) is 13.8 Å². The normalized spacial score (nSPS) is 21.8. The van der Waals surface area contributed by atoms with Gasteiger partial charge in [0.05, 0.1) is 12.1 Å². The van der Waals surface area contributed by atoms with Gasteiger partial charge < -0.3 is 9.80 Å². The number of nitrogens with zero attached hydrogens (tertiary/aromatic N) is 2. The highest BCUT2D eigenvalue weighted by Crippen LogP contribution is 2.45. The van der Waals surface area contributed by atoms with Crippen molar-refractivity contribution in [3.63, 3.8) is 0 Å². The SMILES string of the molecule is CC(=O)N1CCc2ccccc2[C@H]1[C@@H]1c2ccccc2CCN1C(C)=O. The van der Waals surface area contributed by atoms with Crippen molar-refractivity contribution in [3.8, 4) is 0 Å². The predicted octanol–water partition coefficient (Wildman–Crippen LogP) is 3.28. The lowest BCUT2D eigenvalue weighted by Crippen LogP contribution is -2.49. The van der Waals surface area contributed by atoms with Crippen molar-refractivity contribution in [1.82, 2.24) is 9.80 Å². The molecule has 2 aliphatic rings. The van der Waals surface area contributed by atoms with Crippen LogP contribution in [-0.4, -0.2) is 34.7 Å². The molecule has 0 N–H and O–H groups in total. The third kappa shape index (κ3) is 2.70. The Labute approximate surface area is 154 Å². The molecule has 0 aliphatic carbocycles. The molecule has 0 saturated heterocycles. The van der Waals surface area contributed by atoms with Crippen LogP contribution < -0.4 is 0 Å². The van der Waals surface area contributed by atoms with Crippen molar-refractivity contribution in [1.29, 1.82) is 0 Å². The molecule has 2 aliphatic heterocycles. The summed E-state index contributed by atoms with van der Waals surface area (Å²) in [5.74, 6) is 0.132. The molecule has 2 atom stereocenters. The summed E-state index contributed by atoms with van der Waals surface area (Å²) in [5, 5.41) is 0. The number of carbonyl (C=O) groups is 2. The highest BCUT2D eigenvalue weighted by atomic mass is 16.2. The molecule has 2 heterocycles. The molecule has 0 radical (unpaired) electrons. The monoisotopic (exact) mass is 348 g/mol. The van der Waals surface area contributed by atoms with Crippen molar-refractivity contribution >= 4 is 11.8 Å². The van der Waals surface area contributed by atoms with Gasteiger partial charge in [-0.3, -0.25) is 9.59 Å². The van der Waals surface area contributed by atoms with Gasteiger partial charge in [0.2, 0.25) is 11.8 Å². The van der Waals surface area contributed by atoms with Crippen molar-refractivity contribution in [3.05, 3.63) is 70.8 Å². The summed E-state index contributed by atoms with van der Waals surface area (Å²) < 4.78 is 0. The highest BCUT2D eigenvalue weighted by Gasteiger charge is 2.42. The fraction of sp³-hybridized carbons (Fsp3) is 0.364. The first kappa shape index (κ1) is 16.8. The fourth-order valence-corrected chi connectivity index (χ4v) is 4.58. The fourth-order valence-electron chi connectivity index (χ4n) is 4.58. The topological polar surface area (TPSA) is 40.6 Å². The Bertz CT molecular complexity index is 789. The molecule has 0 aromatic heterocycles. The Morgan fingerprint density at radius 3 is 1.50 bits per heavy atom. The van der Waals surface area contributed by atoms with Crippen LogP contribution in [0.2, 0.25) is 0 Å². The molecule has 4 heteroatoms. The van der Waals surface area contributed by atoms with E-state index in [2.05, 4.69) is 36.4 Å². The van der Waals surface area contributed by atoms with Gasteiger partial charge in [-0.05, 0) is 35.1 Å². The Morgan fingerprint density at radius 2 is 1.12 bits per heavy atom. The second-order valence-corrected chi connectivity index (χ2v) is 7.21. The quantitative estimate of drug-likeness (QED) is 0.793. The van der Waals surface area contributed by atoms with Crippen molar-refractivity contribution in [2.45, 2.75) is 38.8 Å². The first-order chi connectivity index (χ1) is 12.6. The van der Waals surface area contributed by atoms with Crippen molar-refractivity contribution in [2.75, 3.05) is 13.1 Å². The first-order valence-electron chi connectivity index (χ1n) is 9.28. The van der Waals surface area contributed by atoms with E-state index >= 15 is 0 Å². The zero-order valence-electron chi connectivity index (χ0n) is 15.3. The second-order valence-electron chi connectivity index (χ2n) is 7.21. The molecule has 0 saturated carbocycles. The van der Waals surface area contributed by atoms with Crippen LogP contribution in [0.5, 0.6) is 0 Å². The van der Waals surface area contributed by atoms with Crippen LogP contribution >= 0.6 is 0 Å². The van der Waals surface area contributed by atoms with E-state index in [9.17, 15) is 9.59 Å². The van der Waals surface area contributed by atoms with E-state index in [0.29, 0.717) is 13.1 Å². The molecule has 0 spiro atoms. The van der Waals surface area contributed by atoms with E-state index in [4.69, 9.17) is 0 Å². The van der Waals surface area contributed by atoms with Gasteiger partial charge in [0.15, 0.2) is 0 Å². The molecule has 26 heavy (non-hydrogen) atoms. The number of benzene rings is 2. The minimum atomic E-state index is -0.136. The van der Waals surface area contributed by atoms with Crippen LogP contribution in [0.25, 0.3) is 0 Å². The maximum atomic E-state index is 12.5. The van der Waals surface area contributed by atoms with E-state index in [1.807, 2.05) is 21.9 Å². The van der Waals surface area contributed by atoms with Crippen molar-refractivity contribution < 1.29 is 9.59 Å². The summed E-state index contributed by atoms with van der Waals surface area (Å²) in [6, 6.07) is 16.4. The van der Waals surface area contributed by atoms with Crippen LogP contribution in [0.1, 0.15) is 48.2 Å². The van der Waals surface area contributed by atoms with Gasteiger partial charge in [-0.1, -0.05) is 48.5 Å². The predicted molar refractivity (Wildman–Crippen MR) is 101 cm³/mol. The van der Waals surface area contributed by atoms with E-state index < -0.39 is 0 Å². The summed E-state index contributed by atoms with van der Waals surface area (Å²) in [6.07, 6.45) is 1.72. The second kappa shape index (κ2) is 6.60. The van der Waals surface area contributed by atoms with Gasteiger partial charge >= 0.3 is 0 Å². The minimum absolute atomic E-state index is 0.0658. The van der Waals surface area contributed by atoms with E-state index in [-0.39, 0.29) is 23.9 Å². The van der Waals surface area contributed by atoms with Gasteiger partial charge in [0.1, 0.15) is 0 Å². The van der Waals surface area contributed by atoms with Gasteiger partial charge in [-0.25, -0.2) is 0 Å². The Kier molecular flexibility index (Phi) is 4.27. The van der Waals surface area contributed by atoms with Gasteiger partial charge in [-0.15, -0.1) is 0 Å². The third-order valence-corrected chi connectivity index (χ3v) is 5.77. The molecule has 4 rings (SSSR count). The van der Waals surface area contributed by atoms with E-state index in [0.717, 1.165) is 12.8 Å². The smallest absolute Gasteiger partial charge is 0.220 e. The number of hydrogen-bond acceptors (Lipinski definition) is 2. The maximum absolute atomic E-state index is 12.5. The summed E-state index contributed by atoms with van der Waals surface area (Å²) in [7, 11) is 0. The largest absolute Gasteiger partial charge is 0.333 e. The molecule has 2 aromatic rings. The number of carbonyl (C=O) groups excluding carboxylic acids is 2. The van der Waals surface area contributed by atoms with Crippen LogP contribution in [0.4, 0.5) is 0 Å². The third-order valence-electron chi connectivity index (χ3n) is 5.77. The highest BCUT2D eigenvalue weighted by molar-refractivity contribution is 5.76. The van der Waals surface area contributed by atoms with Gasteiger partial charge in [0, 0.05) is 26.9 Å². The first-order valence-corrected chi connectivity index (χ1v) is 9.28. The molecule has 0 unspecified atom stereocenters. The average molecular weight is 348 g/mol. The molecule has 2 amide bonds. The zero-order valence-corrected chi connectivity index (χ0v) is 15.3. The van der Waals surface area contributed by atoms with Crippen LogP contribution in [0, 0.1) is 0 Å². The van der Waals surface area contributed by atoms with Gasteiger partial charge in [0.25, 0.3) is 0 Å². The summed E-state index contributed by atoms with van der Waals surface area (Å²) in [6.45, 7) is 4.66. The summed E-state index contributed by atoms with van der Waals surface area (Å²) >= 11 is 0. The Hall–Kier alpha value is -2.62. The zero-order chi connectivity index (χ0) is 18.3. The lowest BCUT2D eigenvalue weighted by molar-refractivity contribution is -0.140. The number of hydrogen-bond donors (Lipinski definition) is 0. The molecule has 0 bridgehead atoms. The molecule has 2 aromatic carbocycles.